The van der Waals surface area contributed by atoms with Crippen LogP contribution < -0.4 is 0 Å². The number of benzene rings is 3. The molecule has 3 rings (SSSR count). The van der Waals surface area contributed by atoms with E-state index in [-0.39, 0.29) is 26.2 Å². The van der Waals surface area contributed by atoms with Crippen LogP contribution in [-0.2, 0) is 27.2 Å². The molecule has 0 aliphatic carbocycles. The molecule has 0 radical (unpaired) electrons. The van der Waals surface area contributed by atoms with Crippen LogP contribution in [-0.4, -0.2) is 54.3 Å². The maximum absolute atomic E-state index is 13.6. The van der Waals surface area contributed by atoms with Crippen molar-refractivity contribution in [3.63, 3.8) is 0 Å². The normalized spacial score (nSPS) is 10.5. The number of nitrogens with zero attached hydrogens (tertiary/aromatic N) is 1. The van der Waals surface area contributed by atoms with Gasteiger partial charge in [0.15, 0.2) is 34.9 Å². The Balaban J connectivity index is 0.000000368. The van der Waals surface area contributed by atoms with Crippen molar-refractivity contribution in [3.05, 3.63) is 104 Å². The van der Waals surface area contributed by atoms with E-state index in [1.54, 1.807) is 0 Å². The van der Waals surface area contributed by atoms with Crippen LogP contribution >= 0.6 is 0 Å². The summed E-state index contributed by atoms with van der Waals surface area (Å²) in [6.45, 7) is 4.91. The van der Waals surface area contributed by atoms with Gasteiger partial charge < -0.3 is 24.5 Å². The fraction of sp³-hybridized carbons (Fsp3) is 0.290. The third-order valence-corrected chi connectivity index (χ3v) is 5.87. The van der Waals surface area contributed by atoms with Gasteiger partial charge in [-0.25, -0.2) is 53.9 Å². The van der Waals surface area contributed by atoms with E-state index in [0.29, 0.717) is 24.4 Å². The second-order valence-corrected chi connectivity index (χ2v) is 8.89. The van der Waals surface area contributed by atoms with Gasteiger partial charge in [0, 0.05) is 5.56 Å². The minimum atomic E-state index is -1.55. The molecule has 0 aliphatic heterocycles. The van der Waals surface area contributed by atoms with E-state index in [4.69, 9.17) is 10.3 Å². The molecule has 0 fully saturated rings. The van der Waals surface area contributed by atoms with Crippen molar-refractivity contribution in [1.82, 2.24) is 0 Å². The zero-order valence-corrected chi connectivity index (χ0v) is 26.0. The van der Waals surface area contributed by atoms with Crippen molar-refractivity contribution in [1.29, 1.82) is 0 Å². The molecule has 0 bridgehead atoms. The number of halogens is 9. The molecule has 0 saturated carbocycles. The van der Waals surface area contributed by atoms with Crippen LogP contribution in [0, 0.1) is 52.4 Å². The molecule has 0 atom stereocenters. The third-order valence-electron chi connectivity index (χ3n) is 5.87. The van der Waals surface area contributed by atoms with E-state index in [0.717, 1.165) is 0 Å². The molecule has 0 unspecified atom stereocenters. The maximum Gasteiger partial charge on any atom is 0.341 e. The average molecular weight is 714 g/mol. The predicted octanol–water partition coefficient (Wildman–Crippen LogP) is 6.70. The number of aliphatic hydroxyl groups excluding tert-OH is 1. The van der Waals surface area contributed by atoms with Crippen LogP contribution in [0.5, 0.6) is 0 Å². The Hall–Kier alpha value is -5.13. The molecule has 0 heterocycles. The first kappa shape index (κ1) is 41.9. The number of hydrogen-bond acceptors (Lipinski definition) is 9. The van der Waals surface area contributed by atoms with Crippen molar-refractivity contribution in [2.24, 2.45) is 5.16 Å². The van der Waals surface area contributed by atoms with Crippen molar-refractivity contribution in [2.75, 3.05) is 19.8 Å². The van der Waals surface area contributed by atoms with Gasteiger partial charge in [0.1, 0.15) is 17.5 Å². The topological polar surface area (TPSA) is 132 Å². The fourth-order valence-electron chi connectivity index (χ4n) is 3.63. The summed E-state index contributed by atoms with van der Waals surface area (Å²) < 4.78 is 132. The summed E-state index contributed by atoms with van der Waals surface area (Å²) in [7, 11) is 0. The molecular weight excluding hydrogens is 685 g/mol. The lowest BCUT2D eigenvalue weighted by Gasteiger charge is -2.08. The minimum Gasteiger partial charge on any atom is -0.462 e. The lowest BCUT2D eigenvalue weighted by atomic mass is 10.1. The highest BCUT2D eigenvalue weighted by Gasteiger charge is 2.25. The first-order valence-electron chi connectivity index (χ1n) is 13.9. The molecule has 0 saturated heterocycles. The Morgan fingerprint density at radius 2 is 0.939 bits per heavy atom. The smallest absolute Gasteiger partial charge is 0.341 e. The number of ether oxygens (including phenoxy) is 3. The lowest BCUT2D eigenvalue weighted by Crippen LogP contribution is -2.12. The maximum atomic E-state index is 13.6. The molecular formula is C31H28F9NO8. The quantitative estimate of drug-likeness (QED) is 0.0477. The Morgan fingerprint density at radius 3 is 1.29 bits per heavy atom. The van der Waals surface area contributed by atoms with Gasteiger partial charge in [-0.2, -0.15) is 0 Å². The number of oxime groups is 1. The third kappa shape index (κ3) is 10.4. The predicted molar refractivity (Wildman–Crippen MR) is 151 cm³/mol. The van der Waals surface area contributed by atoms with Gasteiger partial charge >= 0.3 is 17.9 Å². The van der Waals surface area contributed by atoms with E-state index in [1.165, 1.54) is 27.7 Å². The molecule has 3 aromatic carbocycles. The van der Waals surface area contributed by atoms with Crippen LogP contribution in [0.1, 0.15) is 75.5 Å². The van der Waals surface area contributed by atoms with Crippen molar-refractivity contribution in [2.45, 2.75) is 40.7 Å². The summed E-state index contributed by atoms with van der Waals surface area (Å²) >= 11 is 0. The van der Waals surface area contributed by atoms with E-state index in [9.17, 15) is 53.9 Å². The van der Waals surface area contributed by atoms with Gasteiger partial charge in [-0.3, -0.25) is 0 Å². The monoisotopic (exact) mass is 713 g/mol. The number of carbonyl (C=O) groups is 3. The summed E-state index contributed by atoms with van der Waals surface area (Å²) in [6.07, 6.45) is 0.318. The van der Waals surface area contributed by atoms with E-state index in [2.05, 4.69) is 19.4 Å². The zero-order chi connectivity index (χ0) is 37.6. The van der Waals surface area contributed by atoms with Crippen LogP contribution in [0.15, 0.2) is 23.4 Å². The van der Waals surface area contributed by atoms with Crippen LogP contribution in [0.2, 0.25) is 0 Å². The van der Waals surface area contributed by atoms with Gasteiger partial charge in [0.05, 0.1) is 60.5 Å². The van der Waals surface area contributed by atoms with Crippen LogP contribution in [0.25, 0.3) is 0 Å². The Labute approximate surface area is 272 Å². The fourth-order valence-corrected chi connectivity index (χ4v) is 3.63. The number of aliphatic hydroxyl groups is 1. The van der Waals surface area contributed by atoms with Crippen molar-refractivity contribution >= 4 is 24.1 Å². The number of rotatable bonds is 9. The second kappa shape index (κ2) is 19.6. The number of hydrogen-bond donors (Lipinski definition) is 2. The first-order valence-corrected chi connectivity index (χ1v) is 13.9. The second-order valence-electron chi connectivity index (χ2n) is 8.89. The first-order chi connectivity index (χ1) is 23.1. The minimum absolute atomic E-state index is 0.0221. The SMILES string of the molecule is CCOC(=O)c1cc(F)c(F)c(C=NO)c1F.CCOC(=O)c1cc(F)c(F)c(CC)c1F.CCOC(=O)c1cc(F)c(F)c(CO)c1F. The highest BCUT2D eigenvalue weighted by molar-refractivity contribution is 5.93. The molecule has 18 heteroatoms. The van der Waals surface area contributed by atoms with Crippen LogP contribution in [0.3, 0.4) is 0 Å². The molecule has 49 heavy (non-hydrogen) atoms. The van der Waals surface area contributed by atoms with Crippen molar-refractivity contribution in [3.8, 4) is 0 Å². The van der Waals surface area contributed by atoms with Crippen molar-refractivity contribution < 1.29 is 78.4 Å². The standard InChI is InChI=1S/C11H11F3O2.C10H8F3NO3.C10H9F3O3/c1-3-6-9(13)7(11(15)16-4-2)5-8(12)10(6)14;1-2-17-10(15)5-3-7(11)9(13)6(4-14-16)8(5)12;1-2-16-10(15)5-3-7(11)9(13)6(4-14)8(5)12/h5H,3-4H2,1-2H3;3-4,16H,2H2,1H3;3,14H,2,4H2,1H3. The molecule has 0 aromatic heterocycles. The summed E-state index contributed by atoms with van der Waals surface area (Å²) in [4.78, 5) is 33.6. The van der Waals surface area contributed by atoms with Gasteiger partial charge in [-0.05, 0) is 45.4 Å². The van der Waals surface area contributed by atoms with E-state index >= 15 is 0 Å². The Kier molecular flexibility index (Phi) is 16.8. The highest BCUT2D eigenvalue weighted by atomic mass is 19.2. The molecule has 0 aliphatic rings. The molecule has 2 N–H and O–H groups in total. The average Bonchev–Trinajstić information content (AvgIpc) is 3.06. The van der Waals surface area contributed by atoms with Crippen LogP contribution in [0.4, 0.5) is 39.5 Å². The Bertz CT molecular complexity index is 1620. The lowest BCUT2D eigenvalue weighted by molar-refractivity contribution is 0.0509. The molecule has 0 spiro atoms. The summed E-state index contributed by atoms with van der Waals surface area (Å²) in [6, 6.07) is 1.31. The molecule has 3 aromatic rings. The number of carbonyl (C=O) groups excluding carboxylic acids is 3. The van der Waals surface area contributed by atoms with Gasteiger partial charge in [-0.1, -0.05) is 12.1 Å². The number of esters is 3. The van der Waals surface area contributed by atoms with Gasteiger partial charge in [0.2, 0.25) is 0 Å². The van der Waals surface area contributed by atoms with Gasteiger partial charge in [-0.15, -0.1) is 0 Å². The zero-order valence-electron chi connectivity index (χ0n) is 26.0. The van der Waals surface area contributed by atoms with Gasteiger partial charge in [0.25, 0.3) is 0 Å². The Morgan fingerprint density at radius 1 is 0.592 bits per heavy atom. The summed E-state index contributed by atoms with van der Waals surface area (Å²) in [5.41, 5.74) is -4.34. The van der Waals surface area contributed by atoms with E-state index < -0.39 is 110 Å². The molecule has 9 nitrogen and oxygen atoms in total. The largest absolute Gasteiger partial charge is 0.462 e. The summed E-state index contributed by atoms with van der Waals surface area (Å²) in [5, 5.41) is 19.2. The molecule has 268 valence electrons. The summed E-state index contributed by atoms with van der Waals surface area (Å²) in [5.74, 6) is -15.3. The van der Waals surface area contributed by atoms with E-state index in [1.807, 2.05) is 0 Å². The molecule has 0 amide bonds. The highest BCUT2D eigenvalue weighted by Crippen LogP contribution is 2.23.